The number of aromatic hydroxyl groups is 2. The van der Waals surface area contributed by atoms with E-state index in [-0.39, 0.29) is 16.5 Å². The topological polar surface area (TPSA) is 40.5 Å². The molecule has 0 spiro atoms. The molecule has 2 aromatic carbocycles. The third-order valence-electron chi connectivity index (χ3n) is 4.20. The van der Waals surface area contributed by atoms with Crippen molar-refractivity contribution in [2.75, 3.05) is 0 Å². The minimum Gasteiger partial charge on any atom is -0.507 e. The Bertz CT molecular complexity index is 791. The predicted molar refractivity (Wildman–Crippen MR) is 101 cm³/mol. The maximum atomic E-state index is 9.90. The molecule has 2 nitrogen and oxygen atoms in total. The average molecular weight is 334 g/mol. The van der Waals surface area contributed by atoms with E-state index in [4.69, 9.17) is 0 Å². The Hall–Kier alpha value is -2.62. The number of rotatable bonds is 0. The normalized spacial score (nSPS) is 11.0. The zero-order chi connectivity index (χ0) is 17.8. The molecule has 0 amide bonds. The summed E-state index contributed by atoms with van der Waals surface area (Å²) in [5.41, 5.74) is 7.94. The summed E-state index contributed by atoms with van der Waals surface area (Å²) in [5.74, 6) is 6.58. The van der Waals surface area contributed by atoms with Crippen LogP contribution in [0.1, 0.15) is 31.9 Å². The molecular formula is C21H22O2Si. The molecule has 0 unspecified atom stereocenters. The van der Waals surface area contributed by atoms with Crippen LogP contribution in [0.2, 0.25) is 11.6 Å². The molecule has 0 radical (unpaired) electrons. The van der Waals surface area contributed by atoms with E-state index in [1.165, 1.54) is 0 Å². The lowest BCUT2D eigenvalue weighted by molar-refractivity contribution is 0.473. The van der Waals surface area contributed by atoms with E-state index in [2.05, 4.69) is 50.2 Å². The molecular weight excluding hydrogens is 312 g/mol. The molecule has 0 fully saturated rings. The lowest BCUT2D eigenvalue weighted by atomic mass is 10.2. The molecule has 0 heterocycles. The van der Waals surface area contributed by atoms with E-state index >= 15 is 0 Å². The van der Waals surface area contributed by atoms with E-state index < -0.39 is 8.07 Å². The Labute approximate surface area is 145 Å². The van der Waals surface area contributed by atoms with Gasteiger partial charge in [-0.3, -0.25) is 0 Å². The van der Waals surface area contributed by atoms with E-state index in [1.807, 2.05) is 12.1 Å². The van der Waals surface area contributed by atoms with Gasteiger partial charge < -0.3 is 10.2 Å². The van der Waals surface area contributed by atoms with Gasteiger partial charge in [-0.1, -0.05) is 56.9 Å². The van der Waals surface area contributed by atoms with Gasteiger partial charge >= 0.3 is 0 Å². The molecule has 3 heteroatoms. The third kappa shape index (κ3) is 4.01. The van der Waals surface area contributed by atoms with E-state index in [0.717, 1.165) is 0 Å². The molecule has 122 valence electrons. The lowest BCUT2D eigenvalue weighted by Gasteiger charge is -2.30. The standard InChI is InChI=1S/C21H22O2Si/c1-21(2,3)24(4,15-13-17-9-5-7-11-19(17)22)16-14-18-10-6-8-12-20(18)23/h5-12,22-23H,1-4H3. The molecule has 0 aliphatic rings. The second kappa shape index (κ2) is 6.87. The summed E-state index contributed by atoms with van der Waals surface area (Å²) in [6.45, 7) is 8.53. The summed E-state index contributed by atoms with van der Waals surface area (Å²) in [6, 6.07) is 14.1. The Balaban J connectivity index is 2.47. The highest BCUT2D eigenvalue weighted by molar-refractivity contribution is 6.95. The number of phenolic OH excluding ortho intramolecular Hbond substituents is 2. The Morgan fingerprint density at radius 3 is 1.46 bits per heavy atom. The average Bonchev–Trinajstić information content (AvgIpc) is 2.52. The highest BCUT2D eigenvalue weighted by Crippen LogP contribution is 2.35. The minimum atomic E-state index is -2.31. The van der Waals surface area contributed by atoms with Crippen LogP contribution in [-0.4, -0.2) is 18.3 Å². The van der Waals surface area contributed by atoms with Crippen LogP contribution in [0.4, 0.5) is 0 Å². The molecule has 2 N–H and O–H groups in total. The molecule has 0 aliphatic carbocycles. The summed E-state index contributed by atoms with van der Waals surface area (Å²) >= 11 is 0. The predicted octanol–water partition coefficient (Wildman–Crippen LogP) is 4.46. The fourth-order valence-corrected chi connectivity index (χ4v) is 3.53. The Kier molecular flexibility index (Phi) is 5.07. The minimum absolute atomic E-state index is 0.0677. The van der Waals surface area contributed by atoms with Crippen LogP contribution in [0.5, 0.6) is 11.5 Å². The molecule has 2 aromatic rings. The first-order valence-corrected chi connectivity index (χ1v) is 10.4. The first-order valence-electron chi connectivity index (χ1n) is 7.85. The smallest absolute Gasteiger partial charge is 0.219 e. The monoisotopic (exact) mass is 334 g/mol. The van der Waals surface area contributed by atoms with Gasteiger partial charge in [-0.2, -0.15) is 0 Å². The van der Waals surface area contributed by atoms with Gasteiger partial charge in [0.15, 0.2) is 0 Å². The van der Waals surface area contributed by atoms with Gasteiger partial charge in [-0.25, -0.2) is 0 Å². The van der Waals surface area contributed by atoms with Crippen molar-refractivity contribution in [3.05, 3.63) is 59.7 Å². The zero-order valence-electron chi connectivity index (χ0n) is 14.5. The van der Waals surface area contributed by atoms with Crippen molar-refractivity contribution in [2.45, 2.75) is 32.4 Å². The first kappa shape index (κ1) is 17.7. The largest absolute Gasteiger partial charge is 0.507 e. The summed E-state index contributed by atoms with van der Waals surface area (Å²) < 4.78 is 0. The van der Waals surface area contributed by atoms with Crippen LogP contribution in [0, 0.1) is 22.9 Å². The van der Waals surface area contributed by atoms with Gasteiger partial charge in [-0.15, -0.1) is 11.1 Å². The molecule has 0 aromatic heterocycles. The number of hydrogen-bond donors (Lipinski definition) is 2. The SMILES string of the molecule is CC(C)(C)[Si](C)(C#Cc1ccccc1O)C#Cc1ccccc1O. The van der Waals surface area contributed by atoms with Gasteiger partial charge in [0.05, 0.1) is 11.1 Å². The highest BCUT2D eigenvalue weighted by Gasteiger charge is 2.38. The van der Waals surface area contributed by atoms with Crippen molar-refractivity contribution in [1.29, 1.82) is 0 Å². The van der Waals surface area contributed by atoms with Crippen molar-refractivity contribution < 1.29 is 10.2 Å². The van der Waals surface area contributed by atoms with Crippen LogP contribution in [0.15, 0.2) is 48.5 Å². The van der Waals surface area contributed by atoms with E-state index in [1.54, 1.807) is 36.4 Å². The number of benzene rings is 2. The highest BCUT2D eigenvalue weighted by atomic mass is 28.3. The van der Waals surface area contributed by atoms with Crippen molar-refractivity contribution in [3.8, 4) is 34.4 Å². The molecule has 24 heavy (non-hydrogen) atoms. The van der Waals surface area contributed by atoms with Crippen LogP contribution < -0.4 is 0 Å². The van der Waals surface area contributed by atoms with Crippen molar-refractivity contribution >= 4 is 8.07 Å². The van der Waals surface area contributed by atoms with Crippen LogP contribution in [-0.2, 0) is 0 Å². The molecule has 0 aliphatic heterocycles. The van der Waals surface area contributed by atoms with Crippen LogP contribution >= 0.6 is 0 Å². The van der Waals surface area contributed by atoms with Crippen molar-refractivity contribution in [2.24, 2.45) is 0 Å². The maximum Gasteiger partial charge on any atom is 0.219 e. The first-order chi connectivity index (χ1) is 11.2. The molecule has 0 saturated carbocycles. The quantitative estimate of drug-likeness (QED) is 0.552. The summed E-state index contributed by atoms with van der Waals surface area (Å²) in [7, 11) is -2.31. The zero-order valence-corrected chi connectivity index (χ0v) is 15.5. The van der Waals surface area contributed by atoms with E-state index in [9.17, 15) is 10.2 Å². The molecule has 2 rings (SSSR count). The Morgan fingerprint density at radius 2 is 1.12 bits per heavy atom. The lowest BCUT2D eigenvalue weighted by Crippen LogP contribution is -2.38. The second-order valence-corrected chi connectivity index (χ2v) is 11.2. The fraction of sp³-hybridized carbons (Fsp3) is 0.238. The van der Waals surface area contributed by atoms with Crippen LogP contribution in [0.3, 0.4) is 0 Å². The van der Waals surface area contributed by atoms with Gasteiger partial charge in [-0.05, 0) is 35.9 Å². The molecule has 0 bridgehead atoms. The van der Waals surface area contributed by atoms with Gasteiger partial charge in [0.2, 0.25) is 8.07 Å². The number of phenols is 2. The van der Waals surface area contributed by atoms with Gasteiger partial charge in [0.25, 0.3) is 0 Å². The van der Waals surface area contributed by atoms with E-state index in [0.29, 0.717) is 11.1 Å². The van der Waals surface area contributed by atoms with Crippen molar-refractivity contribution in [3.63, 3.8) is 0 Å². The van der Waals surface area contributed by atoms with Crippen LogP contribution in [0.25, 0.3) is 0 Å². The summed E-state index contributed by atoms with van der Waals surface area (Å²) in [4.78, 5) is 0. The number of hydrogen-bond acceptors (Lipinski definition) is 2. The molecule has 0 saturated heterocycles. The summed E-state index contributed by atoms with van der Waals surface area (Å²) in [5, 5.41) is 19.7. The molecule has 0 atom stereocenters. The maximum absolute atomic E-state index is 9.90. The third-order valence-corrected chi connectivity index (χ3v) is 8.45. The van der Waals surface area contributed by atoms with Gasteiger partial charge in [0, 0.05) is 0 Å². The summed E-state index contributed by atoms with van der Waals surface area (Å²) in [6.07, 6.45) is 0. The Morgan fingerprint density at radius 1 is 0.750 bits per heavy atom. The second-order valence-electron chi connectivity index (χ2n) is 6.91. The number of para-hydroxylation sites is 2. The fourth-order valence-electron chi connectivity index (χ4n) is 1.95. The van der Waals surface area contributed by atoms with Gasteiger partial charge in [0.1, 0.15) is 11.5 Å². The van der Waals surface area contributed by atoms with Crippen molar-refractivity contribution in [1.82, 2.24) is 0 Å².